The van der Waals surface area contributed by atoms with Crippen LogP contribution < -0.4 is 0 Å². The second kappa shape index (κ2) is 9.69. The first kappa shape index (κ1) is 23.5. The van der Waals surface area contributed by atoms with Crippen molar-refractivity contribution in [2.75, 3.05) is 23.8 Å². The van der Waals surface area contributed by atoms with Crippen LogP contribution in [0.25, 0.3) is 17.1 Å². The van der Waals surface area contributed by atoms with Crippen molar-refractivity contribution in [1.82, 2.24) is 19.7 Å². The Morgan fingerprint density at radius 2 is 1.70 bits per heavy atom. The molecule has 1 atom stereocenters. The highest BCUT2D eigenvalue weighted by Gasteiger charge is 2.34. The Hall–Kier alpha value is -2.65. The molecular formula is C24H28N4O3S2. The largest absolute Gasteiger partial charge is 0.338 e. The fourth-order valence-corrected chi connectivity index (χ4v) is 6.62. The summed E-state index contributed by atoms with van der Waals surface area (Å²) in [5.41, 5.74) is 4.18. The lowest BCUT2D eigenvalue weighted by atomic mass is 10.1. The molecule has 0 radical (unpaired) electrons. The number of sulfone groups is 1. The van der Waals surface area contributed by atoms with Crippen LogP contribution in [0.2, 0.25) is 0 Å². The molecule has 7 nitrogen and oxygen atoms in total. The fraction of sp³-hybridized carbons (Fsp3) is 0.375. The van der Waals surface area contributed by atoms with Gasteiger partial charge in [-0.05, 0) is 39.3 Å². The van der Waals surface area contributed by atoms with Crippen LogP contribution in [0.5, 0.6) is 0 Å². The van der Waals surface area contributed by atoms with E-state index in [1.165, 1.54) is 11.8 Å². The van der Waals surface area contributed by atoms with E-state index in [0.717, 1.165) is 22.4 Å². The number of aromatic nitrogens is 3. The van der Waals surface area contributed by atoms with E-state index in [-0.39, 0.29) is 29.2 Å². The highest BCUT2D eigenvalue weighted by Crippen LogP contribution is 2.29. The van der Waals surface area contributed by atoms with Crippen molar-refractivity contribution in [3.63, 3.8) is 0 Å². The Balaban J connectivity index is 1.60. The number of rotatable bonds is 7. The summed E-state index contributed by atoms with van der Waals surface area (Å²) in [7, 11) is -3.06. The second-order valence-corrected chi connectivity index (χ2v) is 11.5. The van der Waals surface area contributed by atoms with Gasteiger partial charge in [0.25, 0.3) is 0 Å². The smallest absolute Gasteiger partial charge is 0.233 e. The van der Waals surface area contributed by atoms with Crippen LogP contribution in [0.3, 0.4) is 0 Å². The minimum atomic E-state index is -3.06. The molecule has 2 heterocycles. The molecule has 33 heavy (non-hydrogen) atoms. The van der Waals surface area contributed by atoms with E-state index < -0.39 is 9.84 Å². The average Bonchev–Trinajstić information content (AvgIpc) is 3.37. The summed E-state index contributed by atoms with van der Waals surface area (Å²) in [5.74, 6) is 0.996. The van der Waals surface area contributed by atoms with Gasteiger partial charge in [-0.15, -0.1) is 10.2 Å². The molecule has 0 aliphatic carbocycles. The van der Waals surface area contributed by atoms with Crippen molar-refractivity contribution in [2.45, 2.75) is 38.4 Å². The van der Waals surface area contributed by atoms with Gasteiger partial charge >= 0.3 is 0 Å². The van der Waals surface area contributed by atoms with E-state index in [2.05, 4.69) is 10.2 Å². The summed E-state index contributed by atoms with van der Waals surface area (Å²) in [6.07, 6.45) is 0.504. The highest BCUT2D eigenvalue weighted by molar-refractivity contribution is 7.99. The molecule has 0 spiro atoms. The normalized spacial score (nSPS) is 17.2. The Morgan fingerprint density at radius 3 is 2.27 bits per heavy atom. The fourth-order valence-electron chi connectivity index (χ4n) is 4.05. The van der Waals surface area contributed by atoms with Crippen LogP contribution in [-0.4, -0.2) is 63.8 Å². The van der Waals surface area contributed by atoms with E-state index in [1.807, 2.05) is 73.9 Å². The topological polar surface area (TPSA) is 85.2 Å². The molecule has 1 fully saturated rings. The monoisotopic (exact) mass is 484 g/mol. The maximum absolute atomic E-state index is 13.0. The molecule has 3 aromatic rings. The number of carbonyl (C=O) groups is 1. The predicted octanol–water partition coefficient (Wildman–Crippen LogP) is 3.68. The van der Waals surface area contributed by atoms with Crippen molar-refractivity contribution >= 4 is 27.5 Å². The van der Waals surface area contributed by atoms with Crippen LogP contribution >= 0.6 is 11.8 Å². The van der Waals surface area contributed by atoms with Gasteiger partial charge in [0.15, 0.2) is 20.8 Å². The molecule has 1 aliphatic rings. The number of hydrogen-bond donors (Lipinski definition) is 0. The van der Waals surface area contributed by atoms with Crippen molar-refractivity contribution in [3.05, 3.63) is 59.7 Å². The molecule has 0 bridgehead atoms. The lowest BCUT2D eigenvalue weighted by Crippen LogP contribution is -2.42. The molecule has 1 amide bonds. The Labute approximate surface area is 199 Å². The lowest BCUT2D eigenvalue weighted by molar-refractivity contribution is -0.129. The maximum Gasteiger partial charge on any atom is 0.233 e. The third-order valence-corrected chi connectivity index (χ3v) is 8.53. The molecule has 1 saturated heterocycles. The van der Waals surface area contributed by atoms with Gasteiger partial charge in [0.1, 0.15) is 0 Å². The summed E-state index contributed by atoms with van der Waals surface area (Å²) < 4.78 is 25.7. The van der Waals surface area contributed by atoms with Crippen LogP contribution in [0.1, 0.15) is 24.5 Å². The van der Waals surface area contributed by atoms with Gasteiger partial charge < -0.3 is 4.90 Å². The van der Waals surface area contributed by atoms with Crippen molar-refractivity contribution in [3.8, 4) is 17.1 Å². The van der Waals surface area contributed by atoms with Crippen molar-refractivity contribution in [2.24, 2.45) is 0 Å². The quantitative estimate of drug-likeness (QED) is 0.476. The summed E-state index contributed by atoms with van der Waals surface area (Å²) >= 11 is 1.32. The average molecular weight is 485 g/mol. The predicted molar refractivity (Wildman–Crippen MR) is 131 cm³/mol. The zero-order valence-corrected chi connectivity index (χ0v) is 20.7. The maximum atomic E-state index is 13.0. The molecule has 4 rings (SSSR count). The van der Waals surface area contributed by atoms with Gasteiger partial charge in [0.2, 0.25) is 5.91 Å². The third kappa shape index (κ3) is 5.30. The van der Waals surface area contributed by atoms with Crippen LogP contribution in [0.4, 0.5) is 0 Å². The van der Waals surface area contributed by atoms with Gasteiger partial charge in [0, 0.05) is 23.8 Å². The third-order valence-electron chi connectivity index (χ3n) is 5.87. The van der Waals surface area contributed by atoms with Crippen molar-refractivity contribution in [1.29, 1.82) is 0 Å². The number of amides is 1. The highest BCUT2D eigenvalue weighted by atomic mass is 32.2. The Morgan fingerprint density at radius 1 is 1.06 bits per heavy atom. The molecule has 1 aromatic heterocycles. The summed E-state index contributed by atoms with van der Waals surface area (Å²) in [6, 6.07) is 16.0. The Bertz CT molecular complexity index is 1240. The zero-order chi connectivity index (χ0) is 23.6. The number of aryl methyl sites for hydroxylation is 2. The molecule has 0 unspecified atom stereocenters. The first-order valence-electron chi connectivity index (χ1n) is 11.0. The van der Waals surface area contributed by atoms with E-state index in [9.17, 15) is 13.2 Å². The van der Waals surface area contributed by atoms with Gasteiger partial charge in [-0.2, -0.15) is 0 Å². The van der Waals surface area contributed by atoms with Crippen LogP contribution in [-0.2, 0) is 14.6 Å². The van der Waals surface area contributed by atoms with E-state index in [4.69, 9.17) is 0 Å². The lowest BCUT2D eigenvalue weighted by Gasteiger charge is -2.26. The molecule has 2 aromatic carbocycles. The van der Waals surface area contributed by atoms with E-state index in [0.29, 0.717) is 23.9 Å². The first-order chi connectivity index (χ1) is 15.8. The number of benzene rings is 2. The molecule has 0 saturated carbocycles. The van der Waals surface area contributed by atoms with Gasteiger partial charge in [-0.1, -0.05) is 59.3 Å². The minimum Gasteiger partial charge on any atom is -0.338 e. The minimum absolute atomic E-state index is 0.0500. The molecule has 1 aliphatic heterocycles. The summed E-state index contributed by atoms with van der Waals surface area (Å²) in [5, 5.41) is 9.47. The summed E-state index contributed by atoms with van der Waals surface area (Å²) in [6.45, 7) is 6.45. The second-order valence-electron chi connectivity index (χ2n) is 8.37. The molecule has 0 N–H and O–H groups in total. The standard InChI is InChI=1S/C24H28N4O3S2/c1-4-27(21-13-14-33(30,31)16-21)22(29)15-32-24-26-25-23(19-9-5-17(2)6-10-19)28(24)20-11-7-18(3)8-12-20/h5-12,21H,4,13-16H2,1-3H3/t21-/m1/s1. The van der Waals surface area contributed by atoms with Gasteiger partial charge in [-0.25, -0.2) is 8.42 Å². The molecule has 174 valence electrons. The molecular weight excluding hydrogens is 456 g/mol. The van der Waals surface area contributed by atoms with Crippen LogP contribution in [0, 0.1) is 13.8 Å². The van der Waals surface area contributed by atoms with Crippen LogP contribution in [0.15, 0.2) is 53.7 Å². The number of carbonyl (C=O) groups excluding carboxylic acids is 1. The Kier molecular flexibility index (Phi) is 6.90. The van der Waals surface area contributed by atoms with Crippen molar-refractivity contribution < 1.29 is 13.2 Å². The number of nitrogens with zero attached hydrogens (tertiary/aromatic N) is 4. The van der Waals surface area contributed by atoms with Gasteiger partial charge in [-0.3, -0.25) is 9.36 Å². The van der Waals surface area contributed by atoms with Gasteiger partial charge in [0.05, 0.1) is 17.3 Å². The summed E-state index contributed by atoms with van der Waals surface area (Å²) in [4.78, 5) is 14.7. The molecule has 9 heteroatoms. The van der Waals surface area contributed by atoms with E-state index in [1.54, 1.807) is 4.90 Å². The first-order valence-corrected chi connectivity index (χ1v) is 13.8. The SMILES string of the molecule is CCN(C(=O)CSc1nnc(-c2ccc(C)cc2)n1-c1ccc(C)cc1)[C@@H]1CCS(=O)(=O)C1. The zero-order valence-electron chi connectivity index (χ0n) is 19.1. The van der Waals surface area contributed by atoms with E-state index >= 15 is 0 Å². The number of thioether (sulfide) groups is 1. The number of hydrogen-bond acceptors (Lipinski definition) is 6.